The predicted octanol–water partition coefficient (Wildman–Crippen LogP) is 3.04. The van der Waals surface area contributed by atoms with Gasteiger partial charge in [0.25, 0.3) is 0 Å². The second-order valence-electron chi connectivity index (χ2n) is 4.56. The van der Waals surface area contributed by atoms with Crippen molar-refractivity contribution in [1.82, 2.24) is 5.32 Å². The Labute approximate surface area is 106 Å². The topological polar surface area (TPSA) is 24.4 Å². The van der Waals surface area contributed by atoms with Crippen LogP contribution in [0.1, 0.15) is 19.4 Å². The van der Waals surface area contributed by atoms with Crippen LogP contribution in [-0.4, -0.2) is 17.0 Å². The Bertz CT molecular complexity index is 418. The molecular weight excluding hydrogens is 235 g/mol. The Balaban J connectivity index is 1.94. The second-order valence-corrected chi connectivity index (χ2v) is 5.57. The molecule has 0 bridgehead atoms. The third-order valence-corrected chi connectivity index (χ3v) is 3.85. The molecule has 1 aliphatic heterocycles. The summed E-state index contributed by atoms with van der Waals surface area (Å²) < 4.78 is 13.0. The SMILES string of the molecule is CC(C)[C@H]1CSC(=NCc2cccc(F)c2)N1. The van der Waals surface area contributed by atoms with Crippen LogP contribution in [0, 0.1) is 11.7 Å². The van der Waals surface area contributed by atoms with E-state index in [1.165, 1.54) is 12.1 Å². The molecular formula is C13H17FN2S. The Morgan fingerprint density at radius 2 is 2.35 bits per heavy atom. The van der Waals surface area contributed by atoms with E-state index < -0.39 is 0 Å². The van der Waals surface area contributed by atoms with Gasteiger partial charge in [0.15, 0.2) is 5.17 Å². The lowest BCUT2D eigenvalue weighted by molar-refractivity contribution is 0.503. The second kappa shape index (κ2) is 5.54. The van der Waals surface area contributed by atoms with Crippen molar-refractivity contribution in [3.8, 4) is 0 Å². The lowest BCUT2D eigenvalue weighted by Gasteiger charge is -2.13. The lowest BCUT2D eigenvalue weighted by atomic mass is 10.1. The van der Waals surface area contributed by atoms with E-state index in [9.17, 15) is 4.39 Å². The summed E-state index contributed by atoms with van der Waals surface area (Å²) in [5.74, 6) is 1.48. The van der Waals surface area contributed by atoms with Gasteiger partial charge >= 0.3 is 0 Å². The highest BCUT2D eigenvalue weighted by Crippen LogP contribution is 2.19. The van der Waals surface area contributed by atoms with Crippen LogP contribution < -0.4 is 5.32 Å². The maximum Gasteiger partial charge on any atom is 0.157 e. The van der Waals surface area contributed by atoms with Gasteiger partial charge in [-0.25, -0.2) is 4.39 Å². The van der Waals surface area contributed by atoms with Gasteiger partial charge in [-0.2, -0.15) is 0 Å². The smallest absolute Gasteiger partial charge is 0.157 e. The van der Waals surface area contributed by atoms with Crippen molar-refractivity contribution in [2.75, 3.05) is 5.75 Å². The summed E-state index contributed by atoms with van der Waals surface area (Å²) in [6, 6.07) is 7.10. The van der Waals surface area contributed by atoms with Crippen molar-refractivity contribution in [1.29, 1.82) is 0 Å². The van der Waals surface area contributed by atoms with E-state index in [1.54, 1.807) is 17.8 Å². The summed E-state index contributed by atoms with van der Waals surface area (Å²) in [6.07, 6.45) is 0. The molecule has 2 rings (SSSR count). The van der Waals surface area contributed by atoms with Gasteiger partial charge in [-0.05, 0) is 23.6 Å². The minimum atomic E-state index is -0.199. The summed E-state index contributed by atoms with van der Waals surface area (Å²) in [4.78, 5) is 4.47. The van der Waals surface area contributed by atoms with Gasteiger partial charge in [0.05, 0.1) is 6.54 Å². The highest BCUT2D eigenvalue weighted by molar-refractivity contribution is 8.14. The predicted molar refractivity (Wildman–Crippen MR) is 71.8 cm³/mol. The van der Waals surface area contributed by atoms with Crippen molar-refractivity contribution in [2.24, 2.45) is 10.9 Å². The number of amidine groups is 1. The monoisotopic (exact) mass is 252 g/mol. The zero-order valence-electron chi connectivity index (χ0n) is 10.1. The molecule has 4 heteroatoms. The Morgan fingerprint density at radius 3 is 3.00 bits per heavy atom. The van der Waals surface area contributed by atoms with Gasteiger partial charge in [-0.1, -0.05) is 37.7 Å². The van der Waals surface area contributed by atoms with Crippen molar-refractivity contribution >= 4 is 16.9 Å². The highest BCUT2D eigenvalue weighted by Gasteiger charge is 2.22. The van der Waals surface area contributed by atoms with Gasteiger partial charge < -0.3 is 5.32 Å². The van der Waals surface area contributed by atoms with Gasteiger partial charge in [0.2, 0.25) is 0 Å². The third-order valence-electron chi connectivity index (χ3n) is 2.81. The first-order valence-corrected chi connectivity index (χ1v) is 6.82. The largest absolute Gasteiger partial charge is 0.361 e. The number of hydrogen-bond acceptors (Lipinski definition) is 2. The molecule has 0 radical (unpaired) electrons. The molecule has 92 valence electrons. The molecule has 1 aliphatic rings. The van der Waals surface area contributed by atoms with Gasteiger partial charge in [0, 0.05) is 11.8 Å². The number of halogens is 1. The van der Waals surface area contributed by atoms with E-state index in [1.807, 2.05) is 6.07 Å². The first kappa shape index (κ1) is 12.4. The zero-order chi connectivity index (χ0) is 12.3. The van der Waals surface area contributed by atoms with E-state index in [0.29, 0.717) is 18.5 Å². The van der Waals surface area contributed by atoms with Crippen LogP contribution in [0.5, 0.6) is 0 Å². The Kier molecular flexibility index (Phi) is 4.05. The number of rotatable bonds is 3. The Hall–Kier alpha value is -1.03. The third kappa shape index (κ3) is 3.46. The zero-order valence-corrected chi connectivity index (χ0v) is 10.9. The maximum atomic E-state index is 13.0. The summed E-state index contributed by atoms with van der Waals surface area (Å²) in [6.45, 7) is 4.94. The van der Waals surface area contributed by atoms with Crippen LogP contribution in [0.4, 0.5) is 4.39 Å². The average molecular weight is 252 g/mol. The van der Waals surface area contributed by atoms with Crippen LogP contribution in [-0.2, 0) is 6.54 Å². The van der Waals surface area contributed by atoms with Crippen molar-refractivity contribution in [3.63, 3.8) is 0 Å². The fraction of sp³-hybridized carbons (Fsp3) is 0.462. The fourth-order valence-corrected chi connectivity index (χ4v) is 2.86. The number of benzene rings is 1. The number of hydrogen-bond donors (Lipinski definition) is 1. The molecule has 0 spiro atoms. The number of aliphatic imine (C=N–C) groups is 1. The minimum Gasteiger partial charge on any atom is -0.361 e. The molecule has 0 saturated carbocycles. The van der Waals surface area contributed by atoms with Crippen molar-refractivity contribution < 1.29 is 4.39 Å². The first-order valence-electron chi connectivity index (χ1n) is 5.83. The van der Waals surface area contributed by atoms with E-state index in [-0.39, 0.29) is 5.82 Å². The molecule has 0 aromatic heterocycles. The van der Waals surface area contributed by atoms with Crippen LogP contribution in [0.3, 0.4) is 0 Å². The quantitative estimate of drug-likeness (QED) is 0.894. The van der Waals surface area contributed by atoms with Crippen LogP contribution >= 0.6 is 11.8 Å². The fourth-order valence-electron chi connectivity index (χ4n) is 1.66. The normalized spacial score (nSPS) is 22.1. The van der Waals surface area contributed by atoms with Gasteiger partial charge in [0.1, 0.15) is 5.82 Å². The maximum absolute atomic E-state index is 13.0. The molecule has 2 nitrogen and oxygen atoms in total. The molecule has 17 heavy (non-hydrogen) atoms. The molecule has 0 amide bonds. The highest BCUT2D eigenvalue weighted by atomic mass is 32.2. The van der Waals surface area contributed by atoms with Crippen LogP contribution in [0.2, 0.25) is 0 Å². The van der Waals surface area contributed by atoms with Crippen molar-refractivity contribution in [2.45, 2.75) is 26.4 Å². The molecule has 1 aromatic carbocycles. The van der Waals surface area contributed by atoms with Crippen LogP contribution in [0.15, 0.2) is 29.3 Å². The Morgan fingerprint density at radius 1 is 1.53 bits per heavy atom. The molecule has 1 fully saturated rings. The molecule has 0 unspecified atom stereocenters. The molecule has 1 heterocycles. The van der Waals surface area contributed by atoms with E-state index in [0.717, 1.165) is 16.5 Å². The average Bonchev–Trinajstić information content (AvgIpc) is 2.75. The van der Waals surface area contributed by atoms with Crippen molar-refractivity contribution in [3.05, 3.63) is 35.6 Å². The standard InChI is InChI=1S/C13H17FN2S/c1-9(2)12-8-17-13(16-12)15-7-10-4-3-5-11(14)6-10/h3-6,9,12H,7-8H2,1-2H3,(H,15,16)/t12-/m1/s1. The number of nitrogens with zero attached hydrogens (tertiary/aromatic N) is 1. The van der Waals surface area contributed by atoms with E-state index in [2.05, 4.69) is 24.2 Å². The van der Waals surface area contributed by atoms with Gasteiger partial charge in [-0.15, -0.1) is 0 Å². The number of thioether (sulfide) groups is 1. The van der Waals surface area contributed by atoms with Crippen LogP contribution in [0.25, 0.3) is 0 Å². The first-order chi connectivity index (χ1) is 8.15. The molecule has 0 aliphatic carbocycles. The summed E-state index contributed by atoms with van der Waals surface area (Å²) in [5.41, 5.74) is 0.910. The molecule has 1 N–H and O–H groups in total. The summed E-state index contributed by atoms with van der Waals surface area (Å²) >= 11 is 1.75. The van der Waals surface area contributed by atoms with Gasteiger partial charge in [-0.3, -0.25) is 4.99 Å². The van der Waals surface area contributed by atoms with E-state index in [4.69, 9.17) is 0 Å². The minimum absolute atomic E-state index is 0.199. The summed E-state index contributed by atoms with van der Waals surface area (Å²) in [5, 5.41) is 4.37. The molecule has 1 aromatic rings. The van der Waals surface area contributed by atoms with E-state index >= 15 is 0 Å². The summed E-state index contributed by atoms with van der Waals surface area (Å²) in [7, 11) is 0. The molecule has 1 saturated heterocycles. The molecule has 1 atom stereocenters. The number of nitrogens with one attached hydrogen (secondary N) is 1. The lowest BCUT2D eigenvalue weighted by Crippen LogP contribution is -2.31.